The SMILES string of the molecule is CC(C)NC(=O)c1cccc(C(=O)NCc2cnn(-c3cccnc3)c2)n1. The maximum absolute atomic E-state index is 12.3. The van der Waals surface area contributed by atoms with Crippen molar-refractivity contribution in [1.82, 2.24) is 30.4 Å². The Balaban J connectivity index is 1.63. The first-order valence-corrected chi connectivity index (χ1v) is 8.53. The molecule has 0 radical (unpaired) electrons. The number of carbonyl (C=O) groups excluding carboxylic acids is 2. The van der Waals surface area contributed by atoms with Gasteiger partial charge in [-0.3, -0.25) is 14.6 Å². The molecule has 8 nitrogen and oxygen atoms in total. The first kappa shape index (κ1) is 18.2. The van der Waals surface area contributed by atoms with Crippen molar-refractivity contribution >= 4 is 11.8 Å². The van der Waals surface area contributed by atoms with Crippen molar-refractivity contribution in [1.29, 1.82) is 0 Å². The highest BCUT2D eigenvalue weighted by atomic mass is 16.2. The Kier molecular flexibility index (Phi) is 5.55. The van der Waals surface area contributed by atoms with Crippen molar-refractivity contribution in [3.63, 3.8) is 0 Å². The largest absolute Gasteiger partial charge is 0.349 e. The molecular formula is C19H20N6O2. The third kappa shape index (κ3) is 4.75. The minimum Gasteiger partial charge on any atom is -0.349 e. The molecule has 0 aliphatic carbocycles. The van der Waals surface area contributed by atoms with Gasteiger partial charge in [0.1, 0.15) is 11.4 Å². The first-order chi connectivity index (χ1) is 13.0. The molecule has 2 N–H and O–H groups in total. The van der Waals surface area contributed by atoms with Crippen molar-refractivity contribution in [3.05, 3.63) is 72.1 Å². The third-order valence-corrected chi connectivity index (χ3v) is 3.63. The van der Waals surface area contributed by atoms with Crippen LogP contribution >= 0.6 is 0 Å². The average Bonchev–Trinajstić information content (AvgIpc) is 3.15. The number of amides is 2. The highest BCUT2D eigenvalue weighted by Crippen LogP contribution is 2.07. The Morgan fingerprint density at radius 3 is 2.56 bits per heavy atom. The lowest BCUT2D eigenvalue weighted by atomic mass is 10.2. The summed E-state index contributed by atoms with van der Waals surface area (Å²) < 4.78 is 1.68. The Morgan fingerprint density at radius 1 is 1.07 bits per heavy atom. The van der Waals surface area contributed by atoms with E-state index in [1.54, 1.807) is 41.5 Å². The zero-order valence-corrected chi connectivity index (χ0v) is 15.1. The summed E-state index contributed by atoms with van der Waals surface area (Å²) in [6.07, 6.45) is 6.88. The highest BCUT2D eigenvalue weighted by molar-refractivity contribution is 5.96. The summed E-state index contributed by atoms with van der Waals surface area (Å²) in [6.45, 7) is 4.02. The molecule has 27 heavy (non-hydrogen) atoms. The number of aromatic nitrogens is 4. The van der Waals surface area contributed by atoms with Gasteiger partial charge in [0.15, 0.2) is 0 Å². The summed E-state index contributed by atoms with van der Waals surface area (Å²) in [7, 11) is 0. The predicted octanol–water partition coefficient (Wildman–Crippen LogP) is 1.73. The number of nitrogens with one attached hydrogen (secondary N) is 2. The molecule has 2 amide bonds. The monoisotopic (exact) mass is 364 g/mol. The van der Waals surface area contributed by atoms with Crippen LogP contribution in [0, 0.1) is 0 Å². The molecule has 8 heteroatoms. The molecule has 138 valence electrons. The van der Waals surface area contributed by atoms with Crippen LogP contribution in [0.1, 0.15) is 40.4 Å². The van der Waals surface area contributed by atoms with Crippen LogP contribution in [0.4, 0.5) is 0 Å². The maximum Gasteiger partial charge on any atom is 0.270 e. The molecule has 3 aromatic heterocycles. The second-order valence-electron chi connectivity index (χ2n) is 6.22. The summed E-state index contributed by atoms with van der Waals surface area (Å²) in [6, 6.07) is 8.49. The molecule has 0 saturated carbocycles. The molecular weight excluding hydrogens is 344 g/mol. The van der Waals surface area contributed by atoms with E-state index in [1.807, 2.05) is 32.2 Å². The van der Waals surface area contributed by atoms with E-state index < -0.39 is 0 Å². The summed E-state index contributed by atoms with van der Waals surface area (Å²) in [5.74, 6) is -0.666. The number of nitrogens with zero attached hydrogens (tertiary/aromatic N) is 4. The van der Waals surface area contributed by atoms with Crippen LogP contribution in [0.3, 0.4) is 0 Å². The van der Waals surface area contributed by atoms with Crippen LogP contribution in [-0.4, -0.2) is 37.6 Å². The fraction of sp³-hybridized carbons (Fsp3) is 0.211. The van der Waals surface area contributed by atoms with Gasteiger partial charge in [0.2, 0.25) is 0 Å². The number of hydrogen-bond acceptors (Lipinski definition) is 5. The fourth-order valence-corrected chi connectivity index (χ4v) is 2.38. The van der Waals surface area contributed by atoms with Gasteiger partial charge in [-0.05, 0) is 38.1 Å². The number of rotatable bonds is 6. The van der Waals surface area contributed by atoms with Crippen LogP contribution in [0.2, 0.25) is 0 Å². The van der Waals surface area contributed by atoms with E-state index in [0.29, 0.717) is 6.54 Å². The summed E-state index contributed by atoms with van der Waals surface area (Å²) >= 11 is 0. The minimum absolute atomic E-state index is 0.00636. The molecule has 0 aliphatic rings. The summed E-state index contributed by atoms with van der Waals surface area (Å²) in [4.78, 5) is 32.6. The lowest BCUT2D eigenvalue weighted by molar-refractivity contribution is 0.0936. The van der Waals surface area contributed by atoms with Gasteiger partial charge in [-0.1, -0.05) is 6.07 Å². The van der Waals surface area contributed by atoms with E-state index in [4.69, 9.17) is 0 Å². The van der Waals surface area contributed by atoms with Crippen LogP contribution in [0.5, 0.6) is 0 Å². The molecule has 0 atom stereocenters. The summed E-state index contributed by atoms with van der Waals surface area (Å²) in [5.41, 5.74) is 2.06. The van der Waals surface area contributed by atoms with E-state index in [0.717, 1.165) is 11.3 Å². The second-order valence-corrected chi connectivity index (χ2v) is 6.22. The van der Waals surface area contributed by atoms with E-state index in [1.165, 1.54) is 0 Å². The standard InChI is InChI=1S/C19H20N6O2/c1-13(2)23-19(27)17-7-3-6-16(24-17)18(26)21-9-14-10-22-25(12-14)15-5-4-8-20-11-15/h3-8,10-13H,9H2,1-2H3,(H,21,26)(H,23,27). The Bertz CT molecular complexity index is 936. The first-order valence-electron chi connectivity index (χ1n) is 8.53. The molecule has 3 heterocycles. The molecule has 0 aliphatic heterocycles. The molecule has 3 rings (SSSR count). The second kappa shape index (κ2) is 8.22. The van der Waals surface area contributed by atoms with Crippen LogP contribution < -0.4 is 10.6 Å². The molecule has 0 fully saturated rings. The zero-order valence-electron chi connectivity index (χ0n) is 15.1. The topological polar surface area (TPSA) is 102 Å². The van der Waals surface area contributed by atoms with Crippen LogP contribution in [0.15, 0.2) is 55.1 Å². The predicted molar refractivity (Wildman–Crippen MR) is 99.4 cm³/mol. The number of carbonyl (C=O) groups is 2. The zero-order chi connectivity index (χ0) is 19.2. The number of hydrogen-bond donors (Lipinski definition) is 2. The van der Waals surface area contributed by atoms with Crippen molar-refractivity contribution in [3.8, 4) is 5.69 Å². The van der Waals surface area contributed by atoms with E-state index in [9.17, 15) is 9.59 Å². The smallest absolute Gasteiger partial charge is 0.270 e. The molecule has 0 unspecified atom stereocenters. The van der Waals surface area contributed by atoms with Crippen molar-refractivity contribution < 1.29 is 9.59 Å². The van der Waals surface area contributed by atoms with Crippen molar-refractivity contribution in [2.45, 2.75) is 26.4 Å². The van der Waals surface area contributed by atoms with Crippen LogP contribution in [0.25, 0.3) is 5.69 Å². The van der Waals surface area contributed by atoms with Gasteiger partial charge < -0.3 is 10.6 Å². The van der Waals surface area contributed by atoms with Crippen molar-refractivity contribution in [2.24, 2.45) is 0 Å². The molecule has 0 spiro atoms. The third-order valence-electron chi connectivity index (χ3n) is 3.63. The van der Waals surface area contributed by atoms with Gasteiger partial charge in [-0.15, -0.1) is 0 Å². The van der Waals surface area contributed by atoms with E-state index >= 15 is 0 Å². The molecule has 0 bridgehead atoms. The maximum atomic E-state index is 12.3. The minimum atomic E-state index is -0.358. The number of pyridine rings is 2. The van der Waals surface area contributed by atoms with E-state index in [-0.39, 0.29) is 29.2 Å². The Labute approximate surface area is 156 Å². The molecule has 3 aromatic rings. The quantitative estimate of drug-likeness (QED) is 0.694. The average molecular weight is 364 g/mol. The highest BCUT2D eigenvalue weighted by Gasteiger charge is 2.13. The van der Waals surface area contributed by atoms with Crippen molar-refractivity contribution in [2.75, 3.05) is 0 Å². The van der Waals surface area contributed by atoms with Gasteiger partial charge in [0.05, 0.1) is 18.1 Å². The van der Waals surface area contributed by atoms with Crippen LogP contribution in [-0.2, 0) is 6.54 Å². The van der Waals surface area contributed by atoms with E-state index in [2.05, 4.69) is 25.7 Å². The fourth-order valence-electron chi connectivity index (χ4n) is 2.38. The Morgan fingerprint density at radius 2 is 1.85 bits per heavy atom. The van der Waals surface area contributed by atoms with Gasteiger partial charge in [0, 0.05) is 30.5 Å². The van der Waals surface area contributed by atoms with Gasteiger partial charge in [0.25, 0.3) is 11.8 Å². The molecule has 0 aromatic carbocycles. The lowest BCUT2D eigenvalue weighted by Crippen LogP contribution is -2.31. The van der Waals surface area contributed by atoms with Gasteiger partial charge in [-0.25, -0.2) is 9.67 Å². The summed E-state index contributed by atoms with van der Waals surface area (Å²) in [5, 5.41) is 9.80. The lowest BCUT2D eigenvalue weighted by Gasteiger charge is -2.08. The van der Waals surface area contributed by atoms with Gasteiger partial charge in [-0.2, -0.15) is 5.10 Å². The van der Waals surface area contributed by atoms with Gasteiger partial charge >= 0.3 is 0 Å². The Hall–Kier alpha value is -3.55. The molecule has 0 saturated heterocycles. The normalized spacial score (nSPS) is 10.6.